The first-order valence-corrected chi connectivity index (χ1v) is 6.15. The average Bonchev–Trinajstić information content (AvgIpc) is 2.81. The molecule has 110 valence electrons. The Hall–Kier alpha value is -1.27. The Kier molecular flexibility index (Phi) is 3.97. The normalized spacial score (nSPS) is 27.4. The van der Waals surface area contributed by atoms with Gasteiger partial charge in [0, 0.05) is 24.7 Å². The van der Waals surface area contributed by atoms with Crippen LogP contribution in [-0.2, 0) is 6.18 Å². The lowest BCUT2D eigenvalue weighted by molar-refractivity contribution is -0.137. The summed E-state index contributed by atoms with van der Waals surface area (Å²) in [4.78, 5) is 11.9. The summed E-state index contributed by atoms with van der Waals surface area (Å²) in [6, 6.07) is 4.48. The maximum Gasteiger partial charge on any atom is 0.416 e. The Morgan fingerprint density at radius 1 is 1.15 bits per heavy atom. The fourth-order valence-electron chi connectivity index (χ4n) is 2.68. The molecule has 1 saturated heterocycles. The van der Waals surface area contributed by atoms with Crippen molar-refractivity contribution >= 4 is 18.3 Å². The predicted molar refractivity (Wildman–Crippen MR) is 69.8 cm³/mol. The van der Waals surface area contributed by atoms with Crippen LogP contribution in [0.15, 0.2) is 24.3 Å². The highest BCUT2D eigenvalue weighted by atomic mass is 35.5. The van der Waals surface area contributed by atoms with Crippen LogP contribution in [0.2, 0.25) is 0 Å². The van der Waals surface area contributed by atoms with Crippen molar-refractivity contribution in [1.82, 2.24) is 10.6 Å². The summed E-state index contributed by atoms with van der Waals surface area (Å²) in [5, 5.41) is 6.08. The number of hydrogen-bond acceptors (Lipinski definition) is 2. The van der Waals surface area contributed by atoms with E-state index in [2.05, 4.69) is 10.6 Å². The van der Waals surface area contributed by atoms with Crippen LogP contribution in [0.3, 0.4) is 0 Å². The second kappa shape index (κ2) is 5.26. The molecule has 0 bridgehead atoms. The third-order valence-electron chi connectivity index (χ3n) is 3.86. The fourth-order valence-corrected chi connectivity index (χ4v) is 2.68. The lowest BCUT2D eigenvalue weighted by atomic mass is 10.1. The van der Waals surface area contributed by atoms with Crippen LogP contribution >= 0.6 is 12.4 Å². The van der Waals surface area contributed by atoms with E-state index in [0.29, 0.717) is 11.8 Å². The molecule has 20 heavy (non-hydrogen) atoms. The fraction of sp³-hybridized carbons (Fsp3) is 0.462. The molecule has 2 atom stereocenters. The van der Waals surface area contributed by atoms with Gasteiger partial charge in [-0.25, -0.2) is 0 Å². The highest BCUT2D eigenvalue weighted by Crippen LogP contribution is 2.41. The first-order valence-electron chi connectivity index (χ1n) is 6.15. The Labute approximate surface area is 120 Å². The standard InChI is InChI=1S/C13H13F3N2O.ClH/c14-13(15,16)8-3-1-7(2-4-8)12(19)18-11-9-5-17-6-10(9)11;/h1-4,9-11,17H,5-6H2,(H,18,19);1H. The third-order valence-corrected chi connectivity index (χ3v) is 3.86. The maximum absolute atomic E-state index is 12.4. The minimum atomic E-state index is -4.37. The molecule has 2 aliphatic rings. The summed E-state index contributed by atoms with van der Waals surface area (Å²) in [5.74, 6) is 0.671. The summed E-state index contributed by atoms with van der Waals surface area (Å²) >= 11 is 0. The molecule has 2 fully saturated rings. The van der Waals surface area contributed by atoms with Gasteiger partial charge in [-0.1, -0.05) is 0 Å². The van der Waals surface area contributed by atoms with E-state index in [1.807, 2.05) is 0 Å². The van der Waals surface area contributed by atoms with Gasteiger partial charge in [-0.3, -0.25) is 4.79 Å². The van der Waals surface area contributed by atoms with Crippen molar-refractivity contribution in [2.75, 3.05) is 13.1 Å². The maximum atomic E-state index is 12.4. The second-order valence-electron chi connectivity index (χ2n) is 5.06. The van der Waals surface area contributed by atoms with Crippen molar-refractivity contribution < 1.29 is 18.0 Å². The Balaban J connectivity index is 0.00000147. The SMILES string of the molecule is Cl.O=C(NC1C2CNCC21)c1ccc(C(F)(F)F)cc1. The van der Waals surface area contributed by atoms with E-state index >= 15 is 0 Å². The zero-order valence-corrected chi connectivity index (χ0v) is 11.2. The van der Waals surface area contributed by atoms with Crippen LogP contribution in [0, 0.1) is 11.8 Å². The number of benzene rings is 1. The molecule has 3 rings (SSSR count). The minimum Gasteiger partial charge on any atom is -0.349 e. The van der Waals surface area contributed by atoms with Gasteiger partial charge in [-0.15, -0.1) is 12.4 Å². The monoisotopic (exact) mass is 306 g/mol. The summed E-state index contributed by atoms with van der Waals surface area (Å²) in [5.41, 5.74) is -0.470. The van der Waals surface area contributed by atoms with Gasteiger partial charge in [-0.2, -0.15) is 13.2 Å². The largest absolute Gasteiger partial charge is 0.416 e. The van der Waals surface area contributed by atoms with Crippen LogP contribution in [-0.4, -0.2) is 25.0 Å². The lowest BCUT2D eigenvalue weighted by Crippen LogP contribution is -2.32. The van der Waals surface area contributed by atoms with Gasteiger partial charge in [0.25, 0.3) is 5.91 Å². The average molecular weight is 307 g/mol. The lowest BCUT2D eigenvalue weighted by Gasteiger charge is -2.09. The molecule has 2 N–H and O–H groups in total. The minimum absolute atomic E-state index is 0. The van der Waals surface area contributed by atoms with Gasteiger partial charge in [-0.05, 0) is 36.1 Å². The second-order valence-corrected chi connectivity index (χ2v) is 5.06. The zero-order valence-electron chi connectivity index (χ0n) is 10.4. The van der Waals surface area contributed by atoms with Crippen LogP contribution in [0.1, 0.15) is 15.9 Å². The number of nitrogens with one attached hydrogen (secondary N) is 2. The molecule has 0 spiro atoms. The van der Waals surface area contributed by atoms with E-state index in [4.69, 9.17) is 0 Å². The number of piperidine rings is 1. The number of amides is 1. The van der Waals surface area contributed by atoms with Crippen molar-refractivity contribution in [3.8, 4) is 0 Å². The van der Waals surface area contributed by atoms with Gasteiger partial charge >= 0.3 is 6.18 Å². The van der Waals surface area contributed by atoms with E-state index < -0.39 is 11.7 Å². The number of fused-ring (bicyclic) bond motifs is 1. The van der Waals surface area contributed by atoms with Gasteiger partial charge < -0.3 is 10.6 Å². The van der Waals surface area contributed by atoms with Crippen molar-refractivity contribution in [3.05, 3.63) is 35.4 Å². The molecule has 1 aromatic carbocycles. The molecule has 1 aliphatic carbocycles. The number of halogens is 4. The molecule has 1 amide bonds. The van der Waals surface area contributed by atoms with Crippen molar-refractivity contribution in [2.45, 2.75) is 12.2 Å². The van der Waals surface area contributed by atoms with Crippen molar-refractivity contribution in [2.24, 2.45) is 11.8 Å². The van der Waals surface area contributed by atoms with Crippen LogP contribution < -0.4 is 10.6 Å². The van der Waals surface area contributed by atoms with Gasteiger partial charge in [0.05, 0.1) is 5.56 Å². The molecule has 1 aromatic rings. The van der Waals surface area contributed by atoms with E-state index in [1.165, 1.54) is 12.1 Å². The quantitative estimate of drug-likeness (QED) is 0.878. The van der Waals surface area contributed by atoms with E-state index in [9.17, 15) is 18.0 Å². The van der Waals surface area contributed by atoms with Gasteiger partial charge in [0.1, 0.15) is 0 Å². The summed E-state index contributed by atoms with van der Waals surface area (Å²) in [6.07, 6.45) is -4.37. The predicted octanol–water partition coefficient (Wildman–Crippen LogP) is 2.07. The highest BCUT2D eigenvalue weighted by Gasteiger charge is 2.53. The molecule has 0 aromatic heterocycles. The number of alkyl halides is 3. The van der Waals surface area contributed by atoms with Crippen molar-refractivity contribution in [3.63, 3.8) is 0 Å². The molecule has 7 heteroatoms. The first-order chi connectivity index (χ1) is 8.97. The topological polar surface area (TPSA) is 41.1 Å². The third kappa shape index (κ3) is 2.76. The Morgan fingerprint density at radius 2 is 1.70 bits per heavy atom. The summed E-state index contributed by atoms with van der Waals surface area (Å²) < 4.78 is 37.2. The molecule has 1 heterocycles. The van der Waals surface area contributed by atoms with Crippen molar-refractivity contribution in [1.29, 1.82) is 0 Å². The Morgan fingerprint density at radius 3 is 2.20 bits per heavy atom. The van der Waals surface area contributed by atoms with Crippen LogP contribution in [0.25, 0.3) is 0 Å². The molecule has 0 radical (unpaired) electrons. The number of carbonyl (C=O) groups is 1. The van der Waals surface area contributed by atoms with E-state index in [-0.39, 0.29) is 29.9 Å². The zero-order chi connectivity index (χ0) is 13.6. The molecular weight excluding hydrogens is 293 g/mol. The van der Waals surface area contributed by atoms with Gasteiger partial charge in [0.2, 0.25) is 0 Å². The van der Waals surface area contributed by atoms with Gasteiger partial charge in [0.15, 0.2) is 0 Å². The van der Waals surface area contributed by atoms with E-state index in [1.54, 1.807) is 0 Å². The molecule has 3 nitrogen and oxygen atoms in total. The first kappa shape index (κ1) is 15.1. The Bertz CT molecular complexity index is 493. The number of rotatable bonds is 2. The molecular formula is C13H14ClF3N2O. The van der Waals surface area contributed by atoms with Crippen LogP contribution in [0.5, 0.6) is 0 Å². The van der Waals surface area contributed by atoms with E-state index in [0.717, 1.165) is 25.2 Å². The number of hydrogen-bond donors (Lipinski definition) is 2. The molecule has 1 saturated carbocycles. The molecule has 1 aliphatic heterocycles. The highest BCUT2D eigenvalue weighted by molar-refractivity contribution is 5.94. The smallest absolute Gasteiger partial charge is 0.349 e. The summed E-state index contributed by atoms with van der Waals surface area (Å²) in [6.45, 7) is 1.81. The number of carbonyl (C=O) groups excluding carboxylic acids is 1. The van der Waals surface area contributed by atoms with Crippen LogP contribution in [0.4, 0.5) is 13.2 Å². The summed E-state index contributed by atoms with van der Waals surface area (Å²) in [7, 11) is 0. The molecule has 2 unspecified atom stereocenters.